The van der Waals surface area contributed by atoms with Crippen molar-refractivity contribution in [1.29, 1.82) is 0 Å². The number of halogens is 1. The van der Waals surface area contributed by atoms with Crippen molar-refractivity contribution in [1.82, 2.24) is 0 Å². The summed E-state index contributed by atoms with van der Waals surface area (Å²) in [6, 6.07) is 14.3. The van der Waals surface area contributed by atoms with Gasteiger partial charge in [0.15, 0.2) is 5.78 Å². The summed E-state index contributed by atoms with van der Waals surface area (Å²) in [6.07, 6.45) is 0.272. The lowest BCUT2D eigenvalue weighted by molar-refractivity contribution is 0.0993. The Hall–Kier alpha value is -1.80. The van der Waals surface area contributed by atoms with Crippen LogP contribution in [-0.2, 0) is 6.42 Å². The lowest BCUT2D eigenvalue weighted by Crippen LogP contribution is -2.04. The van der Waals surface area contributed by atoms with Gasteiger partial charge >= 0.3 is 0 Å². The number of Topliss-reactive ketones (excluding diaryl/α,β-unsaturated/α-hetero) is 1. The molecule has 2 nitrogen and oxygen atoms in total. The average Bonchev–Trinajstić information content (AvgIpc) is 2.35. The van der Waals surface area contributed by atoms with E-state index in [-0.39, 0.29) is 12.2 Å². The number of hydrogen-bond donors (Lipinski definition) is 1. The molecule has 2 aromatic carbocycles. The first-order chi connectivity index (χ1) is 8.16. The molecule has 0 aliphatic carbocycles. The Morgan fingerprint density at radius 3 is 2.53 bits per heavy atom. The normalized spacial score (nSPS) is 10.2. The standard InChI is InChI=1S/C14H12ClNO/c15-13-7-6-12(16)8-11(13)9-14(17)10-4-2-1-3-5-10/h1-8H,9,16H2. The zero-order valence-corrected chi connectivity index (χ0v) is 9.95. The van der Waals surface area contributed by atoms with Gasteiger partial charge in [-0.3, -0.25) is 4.79 Å². The van der Waals surface area contributed by atoms with Crippen molar-refractivity contribution in [2.24, 2.45) is 0 Å². The van der Waals surface area contributed by atoms with Crippen LogP contribution in [0.25, 0.3) is 0 Å². The fourth-order valence-corrected chi connectivity index (χ4v) is 1.81. The average molecular weight is 246 g/mol. The van der Waals surface area contributed by atoms with Gasteiger partial charge in [-0.15, -0.1) is 0 Å². The molecule has 0 spiro atoms. The number of anilines is 1. The molecule has 2 aromatic rings. The minimum Gasteiger partial charge on any atom is -0.399 e. The molecule has 0 fully saturated rings. The van der Waals surface area contributed by atoms with Gasteiger partial charge in [-0.2, -0.15) is 0 Å². The zero-order valence-electron chi connectivity index (χ0n) is 9.19. The molecule has 0 amide bonds. The molecule has 86 valence electrons. The summed E-state index contributed by atoms with van der Waals surface area (Å²) in [5.74, 6) is 0.0399. The second-order valence-corrected chi connectivity index (χ2v) is 4.22. The molecule has 0 bridgehead atoms. The molecule has 3 heteroatoms. The Morgan fingerprint density at radius 1 is 1.12 bits per heavy atom. The number of rotatable bonds is 3. The maximum atomic E-state index is 12.0. The highest BCUT2D eigenvalue weighted by molar-refractivity contribution is 6.31. The summed E-state index contributed by atoms with van der Waals surface area (Å²) in [7, 11) is 0. The first kappa shape index (κ1) is 11.7. The van der Waals surface area contributed by atoms with Gasteiger partial charge < -0.3 is 5.73 Å². The molecular weight excluding hydrogens is 234 g/mol. The monoisotopic (exact) mass is 245 g/mol. The van der Waals surface area contributed by atoms with Gasteiger partial charge in [0.1, 0.15) is 0 Å². The fourth-order valence-electron chi connectivity index (χ4n) is 1.63. The molecule has 0 atom stereocenters. The maximum absolute atomic E-state index is 12.0. The summed E-state index contributed by atoms with van der Waals surface area (Å²) in [4.78, 5) is 12.0. The van der Waals surface area contributed by atoms with Crippen LogP contribution in [0.5, 0.6) is 0 Å². The first-order valence-corrected chi connectivity index (χ1v) is 5.67. The van der Waals surface area contributed by atoms with E-state index in [9.17, 15) is 4.79 Å². The van der Waals surface area contributed by atoms with Gasteiger partial charge in [-0.25, -0.2) is 0 Å². The minimum atomic E-state index is 0.0399. The van der Waals surface area contributed by atoms with Crippen LogP contribution in [0.2, 0.25) is 5.02 Å². The number of nitrogens with two attached hydrogens (primary N) is 1. The van der Waals surface area contributed by atoms with Crippen molar-refractivity contribution in [3.8, 4) is 0 Å². The summed E-state index contributed by atoms with van der Waals surface area (Å²) in [6.45, 7) is 0. The maximum Gasteiger partial charge on any atom is 0.167 e. The third-order valence-electron chi connectivity index (χ3n) is 2.52. The van der Waals surface area contributed by atoms with Gasteiger partial charge in [-0.1, -0.05) is 41.9 Å². The Bertz CT molecular complexity index is 537. The quantitative estimate of drug-likeness (QED) is 0.666. The van der Waals surface area contributed by atoms with Crippen LogP contribution in [0.15, 0.2) is 48.5 Å². The second-order valence-electron chi connectivity index (χ2n) is 3.82. The molecule has 0 heterocycles. The molecule has 0 aliphatic rings. The molecule has 2 rings (SSSR count). The van der Waals surface area contributed by atoms with Crippen molar-refractivity contribution in [2.75, 3.05) is 5.73 Å². The van der Waals surface area contributed by atoms with E-state index in [0.29, 0.717) is 16.3 Å². The molecule has 0 saturated heterocycles. The van der Waals surface area contributed by atoms with Crippen LogP contribution in [0.3, 0.4) is 0 Å². The Labute approximate surface area is 105 Å². The molecule has 0 aromatic heterocycles. The Morgan fingerprint density at radius 2 is 1.82 bits per heavy atom. The number of carbonyl (C=O) groups is 1. The largest absolute Gasteiger partial charge is 0.399 e. The van der Waals surface area contributed by atoms with Crippen LogP contribution in [0.1, 0.15) is 15.9 Å². The van der Waals surface area contributed by atoms with Crippen molar-refractivity contribution in [3.05, 3.63) is 64.7 Å². The molecule has 0 radical (unpaired) electrons. The number of benzene rings is 2. The SMILES string of the molecule is Nc1ccc(Cl)c(CC(=O)c2ccccc2)c1. The molecule has 0 saturated carbocycles. The molecule has 17 heavy (non-hydrogen) atoms. The number of hydrogen-bond acceptors (Lipinski definition) is 2. The fraction of sp³-hybridized carbons (Fsp3) is 0.0714. The van der Waals surface area contributed by atoms with Gasteiger partial charge in [0.2, 0.25) is 0 Å². The summed E-state index contributed by atoms with van der Waals surface area (Å²) < 4.78 is 0. The minimum absolute atomic E-state index is 0.0399. The molecule has 2 N–H and O–H groups in total. The highest BCUT2D eigenvalue weighted by Gasteiger charge is 2.09. The van der Waals surface area contributed by atoms with Crippen molar-refractivity contribution in [2.45, 2.75) is 6.42 Å². The molecular formula is C14H12ClNO. The van der Waals surface area contributed by atoms with E-state index in [1.54, 1.807) is 30.3 Å². The van der Waals surface area contributed by atoms with Crippen molar-refractivity contribution >= 4 is 23.1 Å². The lowest BCUT2D eigenvalue weighted by atomic mass is 10.0. The third-order valence-corrected chi connectivity index (χ3v) is 2.89. The van der Waals surface area contributed by atoms with Gasteiger partial charge in [0.05, 0.1) is 0 Å². The van der Waals surface area contributed by atoms with E-state index in [1.807, 2.05) is 18.2 Å². The first-order valence-electron chi connectivity index (χ1n) is 5.29. The Kier molecular flexibility index (Phi) is 3.45. The number of ketones is 1. The van der Waals surface area contributed by atoms with Crippen molar-refractivity contribution < 1.29 is 4.79 Å². The summed E-state index contributed by atoms with van der Waals surface area (Å²) in [5, 5.41) is 0.573. The van der Waals surface area contributed by atoms with E-state index in [2.05, 4.69) is 0 Å². The van der Waals surface area contributed by atoms with Crippen LogP contribution in [-0.4, -0.2) is 5.78 Å². The van der Waals surface area contributed by atoms with E-state index < -0.39 is 0 Å². The van der Waals surface area contributed by atoms with E-state index in [0.717, 1.165) is 5.56 Å². The number of carbonyl (C=O) groups excluding carboxylic acids is 1. The van der Waals surface area contributed by atoms with E-state index >= 15 is 0 Å². The van der Waals surface area contributed by atoms with E-state index in [4.69, 9.17) is 17.3 Å². The summed E-state index contributed by atoms with van der Waals surface area (Å²) in [5.41, 5.74) is 7.74. The van der Waals surface area contributed by atoms with Gasteiger partial charge in [-0.05, 0) is 23.8 Å². The smallest absolute Gasteiger partial charge is 0.167 e. The van der Waals surface area contributed by atoms with Gasteiger partial charge in [0, 0.05) is 22.7 Å². The lowest BCUT2D eigenvalue weighted by Gasteiger charge is -2.05. The summed E-state index contributed by atoms with van der Waals surface area (Å²) >= 11 is 6.02. The van der Waals surface area contributed by atoms with Crippen LogP contribution >= 0.6 is 11.6 Å². The molecule has 0 aliphatic heterocycles. The number of nitrogen functional groups attached to an aromatic ring is 1. The van der Waals surface area contributed by atoms with Crippen LogP contribution < -0.4 is 5.73 Å². The Balaban J connectivity index is 2.22. The van der Waals surface area contributed by atoms with Crippen LogP contribution in [0, 0.1) is 0 Å². The van der Waals surface area contributed by atoms with Crippen LogP contribution in [0.4, 0.5) is 5.69 Å². The third kappa shape index (κ3) is 2.86. The topological polar surface area (TPSA) is 43.1 Å². The van der Waals surface area contributed by atoms with Gasteiger partial charge in [0.25, 0.3) is 0 Å². The highest BCUT2D eigenvalue weighted by Crippen LogP contribution is 2.20. The predicted molar refractivity (Wildman–Crippen MR) is 70.3 cm³/mol. The highest BCUT2D eigenvalue weighted by atomic mass is 35.5. The van der Waals surface area contributed by atoms with Crippen molar-refractivity contribution in [3.63, 3.8) is 0 Å². The predicted octanol–water partition coefficient (Wildman–Crippen LogP) is 3.35. The molecule has 0 unspecified atom stereocenters. The zero-order chi connectivity index (χ0) is 12.3. The van der Waals surface area contributed by atoms with E-state index in [1.165, 1.54) is 0 Å². The second kappa shape index (κ2) is 5.02.